The van der Waals surface area contributed by atoms with Crippen molar-refractivity contribution in [1.29, 1.82) is 0 Å². The van der Waals surface area contributed by atoms with E-state index in [9.17, 15) is 0 Å². The first-order chi connectivity index (χ1) is 8.17. The molecule has 1 aromatic rings. The Morgan fingerprint density at radius 3 is 2.88 bits per heavy atom. The zero-order chi connectivity index (χ0) is 12.3. The van der Waals surface area contributed by atoms with Gasteiger partial charge in [0.05, 0.1) is 0 Å². The van der Waals surface area contributed by atoms with E-state index in [0.29, 0.717) is 0 Å². The average Bonchev–Trinajstić information content (AvgIpc) is 2.73. The molecule has 1 fully saturated rings. The van der Waals surface area contributed by atoms with Gasteiger partial charge in [-0.25, -0.2) is 9.97 Å². The number of hydrogen-bond acceptors (Lipinski definition) is 4. The van der Waals surface area contributed by atoms with Crippen molar-refractivity contribution in [1.82, 2.24) is 14.9 Å². The predicted octanol–water partition coefficient (Wildman–Crippen LogP) is 1.85. The first-order valence-electron chi connectivity index (χ1n) is 6.46. The highest BCUT2D eigenvalue weighted by atomic mass is 15.1. The van der Waals surface area contributed by atoms with E-state index in [1.54, 1.807) is 0 Å². The minimum absolute atomic E-state index is 0.755. The Bertz CT molecular complexity index is 357. The first kappa shape index (κ1) is 12.3. The van der Waals surface area contributed by atoms with Gasteiger partial charge in [-0.1, -0.05) is 6.92 Å². The van der Waals surface area contributed by atoms with Crippen molar-refractivity contribution in [2.75, 3.05) is 31.5 Å². The van der Waals surface area contributed by atoms with Gasteiger partial charge in [0.1, 0.15) is 11.6 Å². The monoisotopic (exact) mass is 234 g/mol. The Morgan fingerprint density at radius 2 is 2.24 bits per heavy atom. The highest BCUT2D eigenvalue weighted by molar-refractivity contribution is 5.35. The largest absolute Gasteiger partial charge is 0.370 e. The summed E-state index contributed by atoms with van der Waals surface area (Å²) in [6.07, 6.45) is 1.30. The molecule has 2 heterocycles. The van der Waals surface area contributed by atoms with E-state index in [-0.39, 0.29) is 0 Å². The molecule has 1 aliphatic heterocycles. The lowest BCUT2D eigenvalue weighted by Gasteiger charge is -2.14. The average molecular weight is 234 g/mol. The van der Waals surface area contributed by atoms with Crippen LogP contribution in [0.1, 0.15) is 24.9 Å². The molecule has 0 saturated carbocycles. The SMILES string of the molecule is CCN1CCC(CNc2cc(C)nc(C)n2)C1. The molecule has 1 N–H and O–H groups in total. The zero-order valence-corrected chi connectivity index (χ0v) is 11.0. The molecule has 0 aromatic carbocycles. The summed E-state index contributed by atoms with van der Waals surface area (Å²) in [5.74, 6) is 2.56. The standard InChI is InChI=1S/C13H22N4/c1-4-17-6-5-12(9-17)8-14-13-7-10(2)15-11(3)16-13/h7,12H,4-6,8-9H2,1-3H3,(H,14,15,16). The predicted molar refractivity (Wildman–Crippen MR) is 70.2 cm³/mol. The summed E-state index contributed by atoms with van der Waals surface area (Å²) < 4.78 is 0. The molecule has 0 radical (unpaired) electrons. The van der Waals surface area contributed by atoms with Gasteiger partial charge in [0.2, 0.25) is 0 Å². The molecule has 0 spiro atoms. The number of rotatable bonds is 4. The van der Waals surface area contributed by atoms with Crippen LogP contribution in [0.15, 0.2) is 6.07 Å². The van der Waals surface area contributed by atoms with E-state index in [1.165, 1.54) is 26.1 Å². The van der Waals surface area contributed by atoms with Crippen LogP contribution in [0.25, 0.3) is 0 Å². The summed E-state index contributed by atoms with van der Waals surface area (Å²) in [5, 5.41) is 3.44. The van der Waals surface area contributed by atoms with Gasteiger partial charge in [0, 0.05) is 24.8 Å². The summed E-state index contributed by atoms with van der Waals surface area (Å²) in [5.41, 5.74) is 1.03. The topological polar surface area (TPSA) is 41.0 Å². The molecule has 1 unspecified atom stereocenters. The second-order valence-electron chi connectivity index (χ2n) is 4.87. The van der Waals surface area contributed by atoms with E-state index in [2.05, 4.69) is 27.1 Å². The summed E-state index contributed by atoms with van der Waals surface area (Å²) in [6, 6.07) is 2.01. The normalized spacial score (nSPS) is 20.8. The highest BCUT2D eigenvalue weighted by Gasteiger charge is 2.20. The Balaban J connectivity index is 1.85. The third-order valence-corrected chi connectivity index (χ3v) is 3.36. The molecule has 4 nitrogen and oxygen atoms in total. The zero-order valence-electron chi connectivity index (χ0n) is 11.0. The van der Waals surface area contributed by atoms with E-state index in [4.69, 9.17) is 0 Å². The molecular formula is C13H22N4. The minimum Gasteiger partial charge on any atom is -0.370 e. The molecule has 94 valence electrons. The molecule has 2 rings (SSSR count). The number of aryl methyl sites for hydroxylation is 2. The Kier molecular flexibility index (Phi) is 3.94. The van der Waals surface area contributed by atoms with Gasteiger partial charge < -0.3 is 10.2 Å². The van der Waals surface area contributed by atoms with Crippen LogP contribution >= 0.6 is 0 Å². The van der Waals surface area contributed by atoms with Gasteiger partial charge in [0.25, 0.3) is 0 Å². The summed E-state index contributed by atoms with van der Waals surface area (Å²) in [6.45, 7) is 10.8. The van der Waals surface area contributed by atoms with Crippen molar-refractivity contribution in [2.24, 2.45) is 5.92 Å². The molecular weight excluding hydrogens is 212 g/mol. The third-order valence-electron chi connectivity index (χ3n) is 3.36. The van der Waals surface area contributed by atoms with Crippen LogP contribution in [0.2, 0.25) is 0 Å². The van der Waals surface area contributed by atoms with Crippen LogP contribution in [0, 0.1) is 19.8 Å². The fourth-order valence-corrected chi connectivity index (χ4v) is 2.42. The molecule has 1 saturated heterocycles. The van der Waals surface area contributed by atoms with Gasteiger partial charge in [-0.05, 0) is 39.3 Å². The summed E-state index contributed by atoms with van der Waals surface area (Å²) in [4.78, 5) is 11.2. The van der Waals surface area contributed by atoms with Crippen LogP contribution in [0.3, 0.4) is 0 Å². The number of nitrogens with one attached hydrogen (secondary N) is 1. The quantitative estimate of drug-likeness (QED) is 0.863. The van der Waals surface area contributed by atoms with Crippen molar-refractivity contribution >= 4 is 5.82 Å². The van der Waals surface area contributed by atoms with Crippen LogP contribution in [0.5, 0.6) is 0 Å². The maximum Gasteiger partial charge on any atom is 0.129 e. The lowest BCUT2D eigenvalue weighted by atomic mass is 10.1. The van der Waals surface area contributed by atoms with Crippen molar-refractivity contribution in [3.05, 3.63) is 17.6 Å². The van der Waals surface area contributed by atoms with Gasteiger partial charge in [-0.3, -0.25) is 0 Å². The second-order valence-corrected chi connectivity index (χ2v) is 4.87. The van der Waals surface area contributed by atoms with Gasteiger partial charge in [0.15, 0.2) is 0 Å². The van der Waals surface area contributed by atoms with E-state index >= 15 is 0 Å². The summed E-state index contributed by atoms with van der Waals surface area (Å²) in [7, 11) is 0. The number of likely N-dealkylation sites (tertiary alicyclic amines) is 1. The molecule has 4 heteroatoms. The summed E-state index contributed by atoms with van der Waals surface area (Å²) >= 11 is 0. The first-order valence-corrected chi connectivity index (χ1v) is 6.46. The van der Waals surface area contributed by atoms with Gasteiger partial charge in [-0.15, -0.1) is 0 Å². The Morgan fingerprint density at radius 1 is 1.41 bits per heavy atom. The lowest BCUT2D eigenvalue weighted by molar-refractivity contribution is 0.345. The van der Waals surface area contributed by atoms with E-state index in [1.807, 2.05) is 19.9 Å². The molecule has 0 bridgehead atoms. The van der Waals surface area contributed by atoms with Crippen molar-refractivity contribution in [3.63, 3.8) is 0 Å². The van der Waals surface area contributed by atoms with E-state index < -0.39 is 0 Å². The van der Waals surface area contributed by atoms with Crippen molar-refractivity contribution < 1.29 is 0 Å². The van der Waals surface area contributed by atoms with Crippen molar-refractivity contribution in [3.8, 4) is 0 Å². The highest BCUT2D eigenvalue weighted by Crippen LogP contribution is 2.16. The Labute approximate surface area is 103 Å². The van der Waals surface area contributed by atoms with Gasteiger partial charge in [-0.2, -0.15) is 0 Å². The number of aromatic nitrogens is 2. The van der Waals surface area contributed by atoms with Gasteiger partial charge >= 0.3 is 0 Å². The smallest absolute Gasteiger partial charge is 0.129 e. The fourth-order valence-electron chi connectivity index (χ4n) is 2.42. The van der Waals surface area contributed by atoms with Crippen LogP contribution in [0.4, 0.5) is 5.82 Å². The van der Waals surface area contributed by atoms with Crippen molar-refractivity contribution in [2.45, 2.75) is 27.2 Å². The molecule has 1 aliphatic rings. The minimum atomic E-state index is 0.755. The second kappa shape index (κ2) is 5.45. The van der Waals surface area contributed by atoms with Crippen LogP contribution in [-0.2, 0) is 0 Å². The number of nitrogens with zero attached hydrogens (tertiary/aromatic N) is 3. The number of anilines is 1. The molecule has 0 amide bonds. The molecule has 1 aromatic heterocycles. The maximum atomic E-state index is 4.40. The molecule has 0 aliphatic carbocycles. The molecule has 17 heavy (non-hydrogen) atoms. The van der Waals surface area contributed by atoms with E-state index in [0.717, 1.165) is 29.8 Å². The van der Waals surface area contributed by atoms with Crippen LogP contribution in [-0.4, -0.2) is 41.0 Å². The Hall–Kier alpha value is -1.16. The van der Waals surface area contributed by atoms with Crippen LogP contribution < -0.4 is 5.32 Å². The number of hydrogen-bond donors (Lipinski definition) is 1. The molecule has 1 atom stereocenters. The lowest BCUT2D eigenvalue weighted by Crippen LogP contribution is -2.22. The third kappa shape index (κ3) is 3.40. The maximum absolute atomic E-state index is 4.40. The fraction of sp³-hybridized carbons (Fsp3) is 0.692.